The topological polar surface area (TPSA) is 116 Å². The minimum atomic E-state index is -0.366. The van der Waals surface area contributed by atoms with E-state index >= 15 is 0 Å². The van der Waals surface area contributed by atoms with E-state index in [2.05, 4.69) is 25.9 Å². The molecule has 3 amide bonds. The number of aromatic amines is 1. The maximum absolute atomic E-state index is 12.4. The summed E-state index contributed by atoms with van der Waals surface area (Å²) in [5.41, 5.74) is 1.84. The molecule has 0 fully saturated rings. The maximum atomic E-state index is 12.4. The molecule has 0 saturated heterocycles. The number of hydrogen-bond donors (Lipinski definition) is 4. The number of nitrogens with zero attached hydrogens (tertiary/aromatic N) is 1. The van der Waals surface area contributed by atoms with Crippen LogP contribution < -0.4 is 21.5 Å². The zero-order valence-corrected chi connectivity index (χ0v) is 15.9. The van der Waals surface area contributed by atoms with Crippen LogP contribution in [-0.4, -0.2) is 34.5 Å². The lowest BCUT2D eigenvalue weighted by atomic mass is 10.0. The van der Waals surface area contributed by atoms with E-state index in [4.69, 9.17) is 0 Å². The van der Waals surface area contributed by atoms with Crippen molar-refractivity contribution in [2.24, 2.45) is 0 Å². The second-order valence-corrected chi connectivity index (χ2v) is 7.54. The Morgan fingerprint density at radius 2 is 2.00 bits per heavy atom. The fraction of sp³-hybridized carbons (Fsp3) is 0.412. The summed E-state index contributed by atoms with van der Waals surface area (Å²) in [6.45, 7) is 7.66. The Morgan fingerprint density at radius 1 is 1.27 bits per heavy atom. The standard InChI is InChI=1S/C17H21N5O3S/c1-7-10(4)26-16-12(7)15(24)21-11(22-16)5-6-18-14(23)13-8(2)19-17(25)20-9(13)3/h8H,5-6H2,1-4H3,(H,18,23)(H2,19,20,25)(H,21,22,24). The van der Waals surface area contributed by atoms with Crippen LogP contribution in [0.3, 0.4) is 0 Å². The number of carbonyl (C=O) groups is 2. The number of amides is 3. The van der Waals surface area contributed by atoms with Crippen LogP contribution in [0.1, 0.15) is 30.1 Å². The van der Waals surface area contributed by atoms with Gasteiger partial charge in [0.2, 0.25) is 0 Å². The molecule has 2 aromatic rings. The van der Waals surface area contributed by atoms with Gasteiger partial charge in [-0.25, -0.2) is 9.78 Å². The van der Waals surface area contributed by atoms with E-state index in [0.717, 1.165) is 15.3 Å². The molecule has 0 spiro atoms. The molecule has 0 saturated carbocycles. The van der Waals surface area contributed by atoms with Crippen LogP contribution in [-0.2, 0) is 11.2 Å². The Labute approximate surface area is 154 Å². The quantitative estimate of drug-likeness (QED) is 0.643. The summed E-state index contributed by atoms with van der Waals surface area (Å²) in [7, 11) is 0. The average Bonchev–Trinajstić information content (AvgIpc) is 2.81. The highest BCUT2D eigenvalue weighted by Crippen LogP contribution is 2.25. The number of allylic oxidation sites excluding steroid dienone is 1. The van der Waals surface area contributed by atoms with Crippen molar-refractivity contribution < 1.29 is 9.59 Å². The molecule has 0 aliphatic carbocycles. The molecule has 1 unspecified atom stereocenters. The molecular weight excluding hydrogens is 354 g/mol. The number of carbonyl (C=O) groups excluding carboxylic acids is 2. The van der Waals surface area contributed by atoms with Gasteiger partial charge in [-0.05, 0) is 33.3 Å². The summed E-state index contributed by atoms with van der Waals surface area (Å²) in [4.78, 5) is 45.1. The number of urea groups is 1. The summed E-state index contributed by atoms with van der Waals surface area (Å²) in [5.74, 6) is 0.284. The lowest BCUT2D eigenvalue weighted by molar-refractivity contribution is -0.117. The van der Waals surface area contributed by atoms with Crippen molar-refractivity contribution in [2.45, 2.75) is 40.2 Å². The van der Waals surface area contributed by atoms with E-state index in [0.29, 0.717) is 35.4 Å². The third-order valence-corrected chi connectivity index (χ3v) is 5.57. The van der Waals surface area contributed by atoms with E-state index in [1.54, 1.807) is 13.8 Å². The predicted molar refractivity (Wildman–Crippen MR) is 100 cm³/mol. The van der Waals surface area contributed by atoms with E-state index < -0.39 is 0 Å². The summed E-state index contributed by atoms with van der Waals surface area (Å²) < 4.78 is 0. The molecular formula is C17H21N5O3S. The first-order chi connectivity index (χ1) is 12.3. The fourth-order valence-electron chi connectivity index (χ4n) is 3.04. The third kappa shape index (κ3) is 3.34. The molecule has 4 N–H and O–H groups in total. The van der Waals surface area contributed by atoms with Gasteiger partial charge in [0.15, 0.2) is 0 Å². The van der Waals surface area contributed by atoms with Gasteiger partial charge in [0.1, 0.15) is 10.7 Å². The minimum absolute atomic E-state index is 0.149. The monoisotopic (exact) mass is 375 g/mol. The van der Waals surface area contributed by atoms with E-state index in [1.165, 1.54) is 11.3 Å². The number of hydrogen-bond acceptors (Lipinski definition) is 5. The van der Waals surface area contributed by atoms with Crippen molar-refractivity contribution >= 4 is 33.5 Å². The van der Waals surface area contributed by atoms with Crippen molar-refractivity contribution in [3.8, 4) is 0 Å². The van der Waals surface area contributed by atoms with Crippen molar-refractivity contribution in [3.63, 3.8) is 0 Å². The normalized spacial score (nSPS) is 17.2. The summed E-state index contributed by atoms with van der Waals surface area (Å²) in [5, 5.41) is 8.70. The van der Waals surface area contributed by atoms with Gasteiger partial charge in [-0.1, -0.05) is 0 Å². The Bertz CT molecular complexity index is 988. The summed E-state index contributed by atoms with van der Waals surface area (Å²) >= 11 is 1.50. The SMILES string of the molecule is CC1=C(C(=O)NCCc2nc3sc(C)c(C)c3c(=O)[nH]2)C(C)NC(=O)N1. The van der Waals surface area contributed by atoms with Gasteiger partial charge in [-0.2, -0.15) is 0 Å². The van der Waals surface area contributed by atoms with Crippen LogP contribution in [0, 0.1) is 13.8 Å². The Balaban J connectivity index is 1.69. The van der Waals surface area contributed by atoms with Crippen molar-refractivity contribution in [1.82, 2.24) is 25.9 Å². The molecule has 8 nitrogen and oxygen atoms in total. The second kappa shape index (κ2) is 6.91. The number of aromatic nitrogens is 2. The first-order valence-electron chi connectivity index (χ1n) is 8.33. The second-order valence-electron chi connectivity index (χ2n) is 6.34. The molecule has 26 heavy (non-hydrogen) atoms. The van der Waals surface area contributed by atoms with Crippen molar-refractivity contribution in [1.29, 1.82) is 0 Å². The van der Waals surface area contributed by atoms with Gasteiger partial charge in [-0.15, -0.1) is 11.3 Å². The molecule has 0 radical (unpaired) electrons. The zero-order chi connectivity index (χ0) is 19.0. The minimum Gasteiger partial charge on any atom is -0.352 e. The van der Waals surface area contributed by atoms with Crippen molar-refractivity contribution in [2.75, 3.05) is 6.54 Å². The predicted octanol–water partition coefficient (Wildman–Crippen LogP) is 1.24. The molecule has 3 heterocycles. The molecule has 138 valence electrons. The Kier molecular flexibility index (Phi) is 4.82. The van der Waals surface area contributed by atoms with Crippen molar-refractivity contribution in [3.05, 3.63) is 37.9 Å². The van der Waals surface area contributed by atoms with Gasteiger partial charge in [0.25, 0.3) is 11.5 Å². The molecule has 3 rings (SSSR count). The van der Waals surface area contributed by atoms with Crippen LogP contribution in [0.15, 0.2) is 16.1 Å². The van der Waals surface area contributed by atoms with Gasteiger partial charge >= 0.3 is 6.03 Å². The fourth-order valence-corrected chi connectivity index (χ4v) is 4.09. The maximum Gasteiger partial charge on any atom is 0.319 e. The molecule has 0 aromatic carbocycles. The molecule has 2 aromatic heterocycles. The molecule has 1 aliphatic heterocycles. The summed E-state index contributed by atoms with van der Waals surface area (Å²) in [6.07, 6.45) is 0.410. The Hall–Kier alpha value is -2.68. The number of aryl methyl sites for hydroxylation is 2. The van der Waals surface area contributed by atoms with Gasteiger partial charge in [-0.3, -0.25) is 9.59 Å². The van der Waals surface area contributed by atoms with Crippen LogP contribution in [0.5, 0.6) is 0 Å². The smallest absolute Gasteiger partial charge is 0.319 e. The van der Waals surface area contributed by atoms with Crippen LogP contribution >= 0.6 is 11.3 Å². The number of fused-ring (bicyclic) bond motifs is 1. The first-order valence-corrected chi connectivity index (χ1v) is 9.15. The lowest BCUT2D eigenvalue weighted by Crippen LogP contribution is -2.50. The average molecular weight is 375 g/mol. The Morgan fingerprint density at radius 3 is 2.69 bits per heavy atom. The van der Waals surface area contributed by atoms with E-state index in [9.17, 15) is 14.4 Å². The molecule has 1 aliphatic rings. The molecule has 9 heteroatoms. The number of thiophene rings is 1. The highest BCUT2D eigenvalue weighted by atomic mass is 32.1. The number of rotatable bonds is 4. The summed E-state index contributed by atoms with van der Waals surface area (Å²) in [6, 6.07) is -0.682. The number of H-pyrrole nitrogens is 1. The van der Waals surface area contributed by atoms with Crippen LogP contribution in [0.4, 0.5) is 4.79 Å². The van der Waals surface area contributed by atoms with Gasteiger partial charge in [0, 0.05) is 23.5 Å². The van der Waals surface area contributed by atoms with Crippen LogP contribution in [0.25, 0.3) is 10.2 Å². The van der Waals surface area contributed by atoms with E-state index in [-0.39, 0.29) is 23.5 Å². The highest BCUT2D eigenvalue weighted by Gasteiger charge is 2.26. The van der Waals surface area contributed by atoms with Gasteiger partial charge in [0.05, 0.1) is 17.0 Å². The molecule has 1 atom stereocenters. The van der Waals surface area contributed by atoms with Crippen LogP contribution in [0.2, 0.25) is 0 Å². The van der Waals surface area contributed by atoms with E-state index in [1.807, 2.05) is 13.8 Å². The zero-order valence-electron chi connectivity index (χ0n) is 15.1. The molecule has 0 bridgehead atoms. The number of nitrogens with one attached hydrogen (secondary N) is 4. The largest absolute Gasteiger partial charge is 0.352 e. The highest BCUT2D eigenvalue weighted by molar-refractivity contribution is 7.18. The lowest BCUT2D eigenvalue weighted by Gasteiger charge is -2.25. The first kappa shape index (κ1) is 18.1. The van der Waals surface area contributed by atoms with Gasteiger partial charge < -0.3 is 20.9 Å². The third-order valence-electron chi connectivity index (χ3n) is 4.47.